The zero-order valence-electron chi connectivity index (χ0n) is 9.99. The average molecular weight is 235 g/mol. The Balaban J connectivity index is 2.28. The fourth-order valence-corrected chi connectivity index (χ4v) is 1.63. The van der Waals surface area contributed by atoms with Crippen molar-refractivity contribution in [3.8, 4) is 11.5 Å². The lowest BCUT2D eigenvalue weighted by Gasteiger charge is -2.24. The van der Waals surface area contributed by atoms with Crippen molar-refractivity contribution in [3.63, 3.8) is 0 Å². The minimum atomic E-state index is -0.194. The first-order chi connectivity index (χ1) is 8.11. The highest BCUT2D eigenvalue weighted by Gasteiger charge is 2.17. The lowest BCUT2D eigenvalue weighted by molar-refractivity contribution is 0.339. The van der Waals surface area contributed by atoms with Crippen LogP contribution in [0.2, 0.25) is 0 Å². The number of ether oxygens (including phenoxy) is 2. The van der Waals surface area contributed by atoms with Crippen LogP contribution >= 0.6 is 0 Å². The summed E-state index contributed by atoms with van der Waals surface area (Å²) in [5.74, 6) is 1.52. The molecule has 1 atom stereocenters. The summed E-state index contributed by atoms with van der Waals surface area (Å²) >= 11 is 0. The molecule has 0 amide bonds. The number of nitrogens with one attached hydrogen (secondary N) is 1. The summed E-state index contributed by atoms with van der Waals surface area (Å²) in [6, 6.07) is 5.39. The lowest BCUT2D eigenvalue weighted by Crippen LogP contribution is -2.30. The highest BCUT2D eigenvalue weighted by atomic mass is 16.5. The molecule has 0 saturated heterocycles. The molecule has 1 unspecified atom stereocenters. The number of fused-ring (bicyclic) bond motifs is 1. The topological polar surface area (TPSA) is 82.5 Å². The molecule has 0 saturated carbocycles. The third kappa shape index (κ3) is 2.29. The quantitative estimate of drug-likeness (QED) is 0.713. The minimum absolute atomic E-state index is 0.194. The van der Waals surface area contributed by atoms with Crippen LogP contribution in [0, 0.1) is 0 Å². The number of hydrogen-bond acceptors (Lipinski definition) is 5. The molecule has 17 heavy (non-hydrogen) atoms. The first-order valence-electron chi connectivity index (χ1n) is 5.43. The van der Waals surface area contributed by atoms with Gasteiger partial charge in [0.05, 0.1) is 18.5 Å². The number of methoxy groups -OCH3 is 1. The third-order valence-electron chi connectivity index (χ3n) is 2.69. The molecule has 5 heteroatoms. The summed E-state index contributed by atoms with van der Waals surface area (Å²) < 4.78 is 10.7. The smallest absolute Gasteiger partial charge is 0.147 e. The number of benzene rings is 1. The lowest BCUT2D eigenvalue weighted by atomic mass is 10.1. The van der Waals surface area contributed by atoms with Gasteiger partial charge in [0.15, 0.2) is 0 Å². The van der Waals surface area contributed by atoms with E-state index in [1.54, 1.807) is 7.11 Å². The highest BCUT2D eigenvalue weighted by molar-refractivity contribution is 5.64. The maximum Gasteiger partial charge on any atom is 0.147 e. The van der Waals surface area contributed by atoms with E-state index in [0.29, 0.717) is 12.3 Å². The largest absolute Gasteiger partial charge is 0.497 e. The van der Waals surface area contributed by atoms with Crippen LogP contribution in [0.5, 0.6) is 11.5 Å². The molecule has 0 radical (unpaired) electrons. The van der Waals surface area contributed by atoms with Crippen LogP contribution in [0.25, 0.3) is 0 Å². The molecule has 0 aromatic heterocycles. The Bertz CT molecular complexity index is 455. The summed E-state index contributed by atoms with van der Waals surface area (Å²) in [6.07, 6.45) is 0. The van der Waals surface area contributed by atoms with Crippen LogP contribution in [0.4, 0.5) is 5.69 Å². The van der Waals surface area contributed by atoms with E-state index in [0.717, 1.165) is 22.9 Å². The molecular formula is C12H17N3O2. The van der Waals surface area contributed by atoms with E-state index in [1.807, 2.05) is 25.1 Å². The maximum absolute atomic E-state index is 5.89. The van der Waals surface area contributed by atoms with Gasteiger partial charge in [0, 0.05) is 17.8 Å². The molecule has 1 aliphatic rings. The third-order valence-corrected chi connectivity index (χ3v) is 2.69. The van der Waals surface area contributed by atoms with Crippen LogP contribution in [-0.2, 0) is 0 Å². The van der Waals surface area contributed by atoms with Crippen LogP contribution in [0.15, 0.2) is 29.6 Å². The number of nitrogens with two attached hydrogens (primary N) is 2. The number of rotatable bonds is 2. The molecule has 1 aromatic carbocycles. The molecular weight excluding hydrogens is 218 g/mol. The Morgan fingerprint density at radius 1 is 1.53 bits per heavy atom. The van der Waals surface area contributed by atoms with Gasteiger partial charge in [-0.15, -0.1) is 0 Å². The SMILES string of the molecule is COc1ccc2c(c1)OC/C(=C(/N)C(C)N)N2. The van der Waals surface area contributed by atoms with Crippen molar-refractivity contribution in [1.29, 1.82) is 0 Å². The fraction of sp³-hybridized carbons (Fsp3) is 0.333. The Morgan fingerprint density at radius 3 is 2.94 bits per heavy atom. The van der Waals surface area contributed by atoms with Crippen LogP contribution in [0.3, 0.4) is 0 Å². The van der Waals surface area contributed by atoms with Gasteiger partial charge in [-0.25, -0.2) is 0 Å². The van der Waals surface area contributed by atoms with Crippen molar-refractivity contribution in [2.24, 2.45) is 11.5 Å². The van der Waals surface area contributed by atoms with Gasteiger partial charge in [-0.3, -0.25) is 0 Å². The molecule has 1 aliphatic heterocycles. The molecule has 1 heterocycles. The first-order valence-corrected chi connectivity index (χ1v) is 5.43. The Morgan fingerprint density at radius 2 is 2.29 bits per heavy atom. The van der Waals surface area contributed by atoms with Crippen molar-refractivity contribution in [2.45, 2.75) is 13.0 Å². The van der Waals surface area contributed by atoms with Crippen molar-refractivity contribution >= 4 is 5.69 Å². The summed E-state index contributed by atoms with van der Waals surface area (Å²) in [5.41, 5.74) is 13.9. The van der Waals surface area contributed by atoms with Gasteiger partial charge in [-0.1, -0.05) is 0 Å². The summed E-state index contributed by atoms with van der Waals surface area (Å²) in [6.45, 7) is 2.24. The van der Waals surface area contributed by atoms with Crippen LogP contribution < -0.4 is 26.3 Å². The van der Waals surface area contributed by atoms with E-state index in [9.17, 15) is 0 Å². The average Bonchev–Trinajstić information content (AvgIpc) is 2.36. The zero-order chi connectivity index (χ0) is 12.4. The second kappa shape index (κ2) is 4.55. The van der Waals surface area contributed by atoms with Gasteiger partial charge >= 0.3 is 0 Å². The molecule has 2 rings (SSSR count). The van der Waals surface area contributed by atoms with E-state index in [1.165, 1.54) is 0 Å². The summed E-state index contributed by atoms with van der Waals surface area (Å²) in [5, 5.41) is 3.22. The molecule has 0 fully saturated rings. The van der Waals surface area contributed by atoms with Gasteiger partial charge in [0.2, 0.25) is 0 Å². The van der Waals surface area contributed by atoms with Crippen molar-refractivity contribution in [3.05, 3.63) is 29.6 Å². The van der Waals surface area contributed by atoms with Crippen molar-refractivity contribution in [2.75, 3.05) is 19.0 Å². The Labute approximate surface area is 100 Å². The van der Waals surface area contributed by atoms with Gasteiger partial charge in [0.25, 0.3) is 0 Å². The van der Waals surface area contributed by atoms with Crippen LogP contribution in [0.1, 0.15) is 6.92 Å². The fourth-order valence-electron chi connectivity index (χ4n) is 1.63. The predicted molar refractivity (Wildman–Crippen MR) is 67.0 cm³/mol. The number of hydrogen-bond donors (Lipinski definition) is 3. The monoisotopic (exact) mass is 235 g/mol. The van der Waals surface area contributed by atoms with Gasteiger partial charge in [-0.05, 0) is 19.1 Å². The van der Waals surface area contributed by atoms with E-state index >= 15 is 0 Å². The molecule has 1 aromatic rings. The molecule has 5 nitrogen and oxygen atoms in total. The Hall–Kier alpha value is -1.88. The maximum atomic E-state index is 5.89. The van der Waals surface area contributed by atoms with E-state index in [-0.39, 0.29) is 6.04 Å². The second-order valence-corrected chi connectivity index (χ2v) is 4.00. The molecule has 0 bridgehead atoms. The second-order valence-electron chi connectivity index (χ2n) is 4.00. The first kappa shape index (κ1) is 11.6. The molecule has 5 N–H and O–H groups in total. The highest BCUT2D eigenvalue weighted by Crippen LogP contribution is 2.33. The van der Waals surface area contributed by atoms with E-state index in [2.05, 4.69) is 5.32 Å². The van der Waals surface area contributed by atoms with Gasteiger partial charge in [-0.2, -0.15) is 0 Å². The summed E-state index contributed by atoms with van der Waals surface area (Å²) in [4.78, 5) is 0. The molecule has 92 valence electrons. The van der Waals surface area contributed by atoms with Crippen molar-refractivity contribution < 1.29 is 9.47 Å². The molecule has 0 aliphatic carbocycles. The van der Waals surface area contributed by atoms with Gasteiger partial charge < -0.3 is 26.3 Å². The molecule has 0 spiro atoms. The van der Waals surface area contributed by atoms with E-state index in [4.69, 9.17) is 20.9 Å². The Kier molecular flexibility index (Phi) is 3.10. The van der Waals surface area contributed by atoms with Gasteiger partial charge in [0.1, 0.15) is 18.1 Å². The van der Waals surface area contributed by atoms with Crippen LogP contribution in [-0.4, -0.2) is 19.8 Å². The normalized spacial score (nSPS) is 18.5. The standard InChI is InChI=1S/C12H17N3O2/c1-7(13)12(14)10-6-17-11-5-8(16-2)3-4-9(11)15-10/h3-5,7,15H,6,13-14H2,1-2H3/b12-10-. The zero-order valence-corrected chi connectivity index (χ0v) is 9.99. The van der Waals surface area contributed by atoms with E-state index < -0.39 is 0 Å². The summed E-state index contributed by atoms with van der Waals surface area (Å²) in [7, 11) is 1.62. The minimum Gasteiger partial charge on any atom is -0.497 e. The van der Waals surface area contributed by atoms with Crippen molar-refractivity contribution in [1.82, 2.24) is 0 Å². The predicted octanol–water partition coefficient (Wildman–Crippen LogP) is 1.02. The number of anilines is 1.